The van der Waals surface area contributed by atoms with Crippen LogP contribution in [0, 0.1) is 0 Å². The quantitative estimate of drug-likeness (QED) is 0.482. The van der Waals surface area contributed by atoms with Crippen molar-refractivity contribution in [3.05, 3.63) is 88.6 Å². The van der Waals surface area contributed by atoms with Crippen LogP contribution in [0.5, 0.6) is 17.2 Å². The minimum Gasteiger partial charge on any atom is -0.504 e. The second kappa shape index (κ2) is 8.71. The van der Waals surface area contributed by atoms with Gasteiger partial charge in [0.15, 0.2) is 16.9 Å². The first-order valence-electron chi connectivity index (χ1n) is 9.47. The van der Waals surface area contributed by atoms with Crippen LogP contribution in [0.15, 0.2) is 82.0 Å². The van der Waals surface area contributed by atoms with Gasteiger partial charge in [-0.1, -0.05) is 60.7 Å². The van der Waals surface area contributed by atoms with Crippen LogP contribution >= 0.6 is 0 Å². The SMILES string of the molecule is O=c1cc(-c2ccccc2)oc2cc(OCc3ccccc3)c(OCCO)c(O)c12. The van der Waals surface area contributed by atoms with Gasteiger partial charge in [0.1, 0.15) is 29.9 Å². The molecule has 2 N–H and O–H groups in total. The predicted octanol–water partition coefficient (Wildman–Crippen LogP) is 4.12. The van der Waals surface area contributed by atoms with Crippen molar-refractivity contribution in [3.63, 3.8) is 0 Å². The summed E-state index contributed by atoms with van der Waals surface area (Å²) in [6, 6.07) is 21.6. The maximum atomic E-state index is 12.7. The van der Waals surface area contributed by atoms with E-state index in [0.29, 0.717) is 5.76 Å². The highest BCUT2D eigenvalue weighted by Gasteiger charge is 2.20. The number of fused-ring (bicyclic) bond motifs is 1. The van der Waals surface area contributed by atoms with E-state index in [0.717, 1.165) is 11.1 Å². The maximum absolute atomic E-state index is 12.7. The van der Waals surface area contributed by atoms with Crippen LogP contribution in [-0.4, -0.2) is 23.4 Å². The number of benzene rings is 3. The van der Waals surface area contributed by atoms with E-state index < -0.39 is 5.43 Å². The molecule has 0 amide bonds. The third-order valence-electron chi connectivity index (χ3n) is 4.55. The molecule has 0 saturated carbocycles. The van der Waals surface area contributed by atoms with Crippen LogP contribution in [0.2, 0.25) is 0 Å². The molecule has 0 aliphatic rings. The number of rotatable bonds is 7. The first-order valence-corrected chi connectivity index (χ1v) is 9.47. The standard InChI is InChI=1S/C24H20O6/c25-11-12-28-24-21(29-15-16-7-3-1-4-8-16)14-20-22(23(24)27)18(26)13-19(30-20)17-9-5-2-6-10-17/h1-10,13-14,25,27H,11-12,15H2. The van der Waals surface area contributed by atoms with Crippen molar-refractivity contribution in [2.75, 3.05) is 13.2 Å². The topological polar surface area (TPSA) is 89.1 Å². The third kappa shape index (κ3) is 3.99. The molecular weight excluding hydrogens is 384 g/mol. The van der Waals surface area contributed by atoms with Crippen LogP contribution in [0.25, 0.3) is 22.3 Å². The van der Waals surface area contributed by atoms with Gasteiger partial charge in [-0.2, -0.15) is 0 Å². The molecule has 1 heterocycles. The van der Waals surface area contributed by atoms with Gasteiger partial charge in [0.25, 0.3) is 0 Å². The Morgan fingerprint density at radius 2 is 1.60 bits per heavy atom. The minimum absolute atomic E-state index is 0.00492. The molecule has 0 bridgehead atoms. The zero-order valence-corrected chi connectivity index (χ0v) is 16.1. The van der Waals surface area contributed by atoms with Gasteiger partial charge < -0.3 is 24.1 Å². The van der Waals surface area contributed by atoms with Crippen molar-refractivity contribution in [1.82, 2.24) is 0 Å². The van der Waals surface area contributed by atoms with E-state index >= 15 is 0 Å². The summed E-state index contributed by atoms with van der Waals surface area (Å²) >= 11 is 0. The minimum atomic E-state index is -0.406. The Kier molecular flexibility index (Phi) is 5.68. The van der Waals surface area contributed by atoms with Gasteiger partial charge in [-0.05, 0) is 5.56 Å². The van der Waals surface area contributed by atoms with Crippen molar-refractivity contribution in [3.8, 4) is 28.6 Å². The fourth-order valence-corrected chi connectivity index (χ4v) is 3.14. The molecule has 0 atom stereocenters. The zero-order valence-electron chi connectivity index (χ0n) is 16.1. The predicted molar refractivity (Wildman–Crippen MR) is 113 cm³/mol. The van der Waals surface area contributed by atoms with Gasteiger partial charge in [-0.15, -0.1) is 0 Å². The summed E-state index contributed by atoms with van der Waals surface area (Å²) in [5, 5.41) is 19.9. The molecule has 6 heteroatoms. The molecule has 6 nitrogen and oxygen atoms in total. The van der Waals surface area contributed by atoms with Gasteiger partial charge in [0.05, 0.1) is 6.61 Å². The summed E-state index contributed by atoms with van der Waals surface area (Å²) < 4.78 is 17.3. The molecule has 0 aliphatic heterocycles. The molecule has 0 spiro atoms. The second-order valence-corrected chi connectivity index (χ2v) is 6.61. The van der Waals surface area contributed by atoms with Crippen molar-refractivity contribution in [2.24, 2.45) is 0 Å². The highest BCUT2D eigenvalue weighted by molar-refractivity contribution is 5.89. The second-order valence-electron chi connectivity index (χ2n) is 6.61. The number of phenolic OH excluding ortho intramolecular Hbond substituents is 1. The highest BCUT2D eigenvalue weighted by atomic mass is 16.5. The van der Waals surface area contributed by atoms with Gasteiger partial charge in [-0.25, -0.2) is 0 Å². The lowest BCUT2D eigenvalue weighted by Crippen LogP contribution is -2.07. The van der Waals surface area contributed by atoms with E-state index in [1.807, 2.05) is 60.7 Å². The highest BCUT2D eigenvalue weighted by Crippen LogP contribution is 2.42. The van der Waals surface area contributed by atoms with Crippen molar-refractivity contribution < 1.29 is 24.1 Å². The molecule has 30 heavy (non-hydrogen) atoms. The van der Waals surface area contributed by atoms with Crippen LogP contribution in [0.1, 0.15) is 5.56 Å². The Balaban J connectivity index is 1.82. The van der Waals surface area contributed by atoms with E-state index in [4.69, 9.17) is 19.0 Å². The number of aromatic hydroxyl groups is 1. The number of aliphatic hydroxyl groups excluding tert-OH is 1. The van der Waals surface area contributed by atoms with Crippen LogP contribution in [0.3, 0.4) is 0 Å². The maximum Gasteiger partial charge on any atom is 0.204 e. The molecule has 152 valence electrons. The molecule has 4 aromatic rings. The molecule has 0 aliphatic carbocycles. The van der Waals surface area contributed by atoms with Crippen molar-refractivity contribution >= 4 is 11.0 Å². The number of hydrogen-bond donors (Lipinski definition) is 2. The lowest BCUT2D eigenvalue weighted by Gasteiger charge is -2.15. The van der Waals surface area contributed by atoms with Gasteiger partial charge in [0.2, 0.25) is 5.75 Å². The van der Waals surface area contributed by atoms with E-state index in [-0.39, 0.29) is 48.0 Å². The smallest absolute Gasteiger partial charge is 0.204 e. The average Bonchev–Trinajstić information content (AvgIpc) is 2.78. The number of aliphatic hydroxyl groups is 1. The summed E-state index contributed by atoms with van der Waals surface area (Å²) in [6.45, 7) is -0.0881. The molecular formula is C24H20O6. The Bertz CT molecular complexity index is 1200. The average molecular weight is 404 g/mol. The van der Waals surface area contributed by atoms with Crippen molar-refractivity contribution in [2.45, 2.75) is 6.61 Å². The number of phenols is 1. The summed E-state index contributed by atoms with van der Waals surface area (Å²) in [7, 11) is 0. The molecule has 0 fully saturated rings. The number of hydrogen-bond acceptors (Lipinski definition) is 6. The Morgan fingerprint density at radius 1 is 0.900 bits per heavy atom. The zero-order chi connectivity index (χ0) is 20.9. The largest absolute Gasteiger partial charge is 0.504 e. The fourth-order valence-electron chi connectivity index (χ4n) is 3.14. The van der Waals surface area contributed by atoms with Crippen LogP contribution in [0.4, 0.5) is 0 Å². The van der Waals surface area contributed by atoms with Crippen LogP contribution < -0.4 is 14.9 Å². The van der Waals surface area contributed by atoms with E-state index in [9.17, 15) is 9.90 Å². The Labute approximate surface area is 172 Å². The van der Waals surface area contributed by atoms with Gasteiger partial charge in [0, 0.05) is 17.7 Å². The first-order chi connectivity index (χ1) is 14.7. The lowest BCUT2D eigenvalue weighted by atomic mass is 10.1. The summed E-state index contributed by atoms with van der Waals surface area (Å²) in [5.74, 6) is 0.209. The molecule has 3 aromatic carbocycles. The molecule has 0 unspecified atom stereocenters. The van der Waals surface area contributed by atoms with E-state index in [1.54, 1.807) is 0 Å². The fraction of sp³-hybridized carbons (Fsp3) is 0.125. The third-order valence-corrected chi connectivity index (χ3v) is 4.55. The molecule has 0 saturated heterocycles. The van der Waals surface area contributed by atoms with Gasteiger partial charge >= 0.3 is 0 Å². The Morgan fingerprint density at radius 3 is 2.30 bits per heavy atom. The van der Waals surface area contributed by atoms with E-state index in [1.165, 1.54) is 12.1 Å². The molecule has 4 rings (SSSR count). The summed E-state index contributed by atoms with van der Waals surface area (Å²) in [4.78, 5) is 12.7. The van der Waals surface area contributed by atoms with Gasteiger partial charge in [-0.3, -0.25) is 4.79 Å². The van der Waals surface area contributed by atoms with Crippen molar-refractivity contribution in [1.29, 1.82) is 0 Å². The summed E-state index contributed by atoms with van der Waals surface area (Å²) in [5.41, 5.74) is 1.43. The molecule has 0 radical (unpaired) electrons. The summed E-state index contributed by atoms with van der Waals surface area (Å²) in [6.07, 6.45) is 0. The van der Waals surface area contributed by atoms with E-state index in [2.05, 4.69) is 0 Å². The molecule has 1 aromatic heterocycles. The number of ether oxygens (including phenoxy) is 2. The lowest BCUT2D eigenvalue weighted by molar-refractivity contribution is 0.188. The first kappa shape index (κ1) is 19.5. The van der Waals surface area contributed by atoms with Crippen LogP contribution in [-0.2, 0) is 6.61 Å². The Hall–Kier alpha value is -3.77. The normalized spacial score (nSPS) is 10.8. The monoisotopic (exact) mass is 404 g/mol.